The minimum atomic E-state index is -4.72. The molecule has 0 unspecified atom stereocenters. The molecule has 1 amide bonds. The zero-order valence-electron chi connectivity index (χ0n) is 13.7. The van der Waals surface area contributed by atoms with Crippen LogP contribution in [0.2, 0.25) is 0 Å². The maximum Gasteiger partial charge on any atom is 0.453 e. The Hall–Kier alpha value is -3.24. The van der Waals surface area contributed by atoms with Gasteiger partial charge < -0.3 is 10.1 Å². The second kappa shape index (κ2) is 6.58. The van der Waals surface area contributed by atoms with E-state index in [-0.39, 0.29) is 17.2 Å². The van der Waals surface area contributed by atoms with Crippen molar-refractivity contribution < 1.29 is 22.7 Å². The van der Waals surface area contributed by atoms with E-state index in [1.807, 2.05) is 0 Å². The Morgan fingerprint density at radius 3 is 2.69 bits per heavy atom. The number of hydrogen-bond acceptors (Lipinski definition) is 6. The summed E-state index contributed by atoms with van der Waals surface area (Å²) in [5.74, 6) is -1.90. The second-order valence-corrected chi connectivity index (χ2v) is 5.16. The second-order valence-electron chi connectivity index (χ2n) is 5.16. The molecular formula is C15H13F3N6O2. The molecule has 3 rings (SSSR count). The van der Waals surface area contributed by atoms with Gasteiger partial charge in [-0.15, -0.1) is 15.3 Å². The summed E-state index contributed by atoms with van der Waals surface area (Å²) in [6, 6.07) is 6.74. The summed E-state index contributed by atoms with van der Waals surface area (Å²) >= 11 is 0. The molecule has 11 heteroatoms. The smallest absolute Gasteiger partial charge is 0.453 e. The van der Waals surface area contributed by atoms with Crippen LogP contribution in [-0.4, -0.2) is 37.3 Å². The standard InChI is InChI=1S/C15H13F3N6O2/c1-3-26-10-7-5-4-6-9(10)19-12(25)11-8(2)24-14(22-21-11)20-13(23-24)15(16,17)18/h4-7H,3H2,1-2H3,(H,19,25). The van der Waals surface area contributed by atoms with E-state index < -0.39 is 17.9 Å². The van der Waals surface area contributed by atoms with Crippen molar-refractivity contribution in [2.45, 2.75) is 20.0 Å². The van der Waals surface area contributed by atoms with Crippen LogP contribution in [-0.2, 0) is 6.18 Å². The average Bonchev–Trinajstić information content (AvgIpc) is 3.02. The van der Waals surface area contributed by atoms with Crippen LogP contribution in [0.15, 0.2) is 24.3 Å². The molecule has 0 atom stereocenters. The van der Waals surface area contributed by atoms with Crippen LogP contribution in [0.3, 0.4) is 0 Å². The molecule has 1 N–H and O–H groups in total. The van der Waals surface area contributed by atoms with E-state index in [4.69, 9.17) is 4.74 Å². The van der Waals surface area contributed by atoms with E-state index in [9.17, 15) is 18.0 Å². The van der Waals surface area contributed by atoms with Crippen LogP contribution in [0, 0.1) is 6.92 Å². The number of anilines is 1. The van der Waals surface area contributed by atoms with E-state index in [1.54, 1.807) is 31.2 Å². The number of ether oxygens (including phenoxy) is 1. The van der Waals surface area contributed by atoms with Gasteiger partial charge in [-0.3, -0.25) is 4.79 Å². The van der Waals surface area contributed by atoms with Crippen LogP contribution in [0.25, 0.3) is 5.78 Å². The van der Waals surface area contributed by atoms with Crippen molar-refractivity contribution in [1.82, 2.24) is 24.8 Å². The predicted molar refractivity (Wildman–Crippen MR) is 83.9 cm³/mol. The summed E-state index contributed by atoms with van der Waals surface area (Å²) < 4.78 is 44.5. The minimum absolute atomic E-state index is 0.0735. The molecule has 1 aromatic carbocycles. The lowest BCUT2D eigenvalue weighted by Crippen LogP contribution is -2.19. The van der Waals surface area contributed by atoms with Gasteiger partial charge in [-0.25, -0.2) is 0 Å². The Balaban J connectivity index is 1.95. The highest BCUT2D eigenvalue weighted by atomic mass is 19.4. The highest BCUT2D eigenvalue weighted by Crippen LogP contribution is 2.27. The van der Waals surface area contributed by atoms with Crippen molar-refractivity contribution in [2.24, 2.45) is 0 Å². The molecule has 0 spiro atoms. The average molecular weight is 366 g/mol. The third-order valence-corrected chi connectivity index (χ3v) is 3.39. The van der Waals surface area contributed by atoms with Gasteiger partial charge in [0.15, 0.2) is 5.69 Å². The molecule has 0 saturated carbocycles. The Morgan fingerprint density at radius 1 is 1.27 bits per heavy atom. The molecule has 0 aliphatic rings. The van der Waals surface area contributed by atoms with E-state index in [2.05, 4.69) is 25.6 Å². The number of amides is 1. The van der Waals surface area contributed by atoms with Gasteiger partial charge in [0.2, 0.25) is 0 Å². The Kier molecular flexibility index (Phi) is 4.45. The van der Waals surface area contributed by atoms with Crippen LogP contribution in [0.5, 0.6) is 5.75 Å². The highest BCUT2D eigenvalue weighted by molar-refractivity contribution is 6.04. The number of benzene rings is 1. The number of aryl methyl sites for hydroxylation is 1. The van der Waals surface area contributed by atoms with Gasteiger partial charge in [-0.05, 0) is 26.0 Å². The lowest BCUT2D eigenvalue weighted by Gasteiger charge is -2.11. The maximum atomic E-state index is 12.7. The van der Waals surface area contributed by atoms with Crippen molar-refractivity contribution in [3.8, 4) is 5.75 Å². The Labute approximate surface area is 145 Å². The summed E-state index contributed by atoms with van der Waals surface area (Å²) in [6.45, 7) is 3.60. The molecule has 0 bridgehead atoms. The van der Waals surface area contributed by atoms with Crippen molar-refractivity contribution in [3.05, 3.63) is 41.5 Å². The monoisotopic (exact) mass is 366 g/mol. The molecule has 3 aromatic rings. The first kappa shape index (κ1) is 17.6. The molecule has 2 aromatic heterocycles. The van der Waals surface area contributed by atoms with Gasteiger partial charge in [-0.2, -0.15) is 22.7 Å². The fourth-order valence-corrected chi connectivity index (χ4v) is 2.22. The first-order chi connectivity index (χ1) is 12.3. The van der Waals surface area contributed by atoms with Gasteiger partial charge in [0.05, 0.1) is 18.0 Å². The van der Waals surface area contributed by atoms with Crippen LogP contribution >= 0.6 is 0 Å². The number of nitrogens with zero attached hydrogens (tertiary/aromatic N) is 5. The van der Waals surface area contributed by atoms with Gasteiger partial charge in [0, 0.05) is 0 Å². The summed E-state index contributed by atoms with van der Waals surface area (Å²) in [6.07, 6.45) is -4.72. The number of rotatable bonds is 4. The lowest BCUT2D eigenvalue weighted by atomic mass is 10.2. The SMILES string of the molecule is CCOc1ccccc1NC(=O)c1nnc2nc(C(F)(F)F)nn2c1C. The number of carbonyl (C=O) groups is 1. The molecule has 0 saturated heterocycles. The molecule has 26 heavy (non-hydrogen) atoms. The van der Waals surface area contributed by atoms with E-state index in [0.717, 1.165) is 4.52 Å². The van der Waals surface area contributed by atoms with E-state index >= 15 is 0 Å². The van der Waals surface area contributed by atoms with Crippen molar-refractivity contribution in [2.75, 3.05) is 11.9 Å². The van der Waals surface area contributed by atoms with Gasteiger partial charge >= 0.3 is 6.18 Å². The highest BCUT2D eigenvalue weighted by Gasteiger charge is 2.37. The molecule has 8 nitrogen and oxygen atoms in total. The number of alkyl halides is 3. The number of carbonyl (C=O) groups excluding carboxylic acids is 1. The largest absolute Gasteiger partial charge is 0.492 e. The number of aromatic nitrogens is 5. The quantitative estimate of drug-likeness (QED) is 0.762. The van der Waals surface area contributed by atoms with Gasteiger partial charge in [-0.1, -0.05) is 12.1 Å². The summed E-state index contributed by atoms with van der Waals surface area (Å²) in [5.41, 5.74) is 0.294. The molecule has 0 aliphatic heterocycles. The van der Waals surface area contributed by atoms with E-state index in [0.29, 0.717) is 18.0 Å². The summed E-state index contributed by atoms with van der Waals surface area (Å²) in [5, 5.41) is 13.2. The Morgan fingerprint density at radius 2 is 2.00 bits per heavy atom. The van der Waals surface area contributed by atoms with Crippen LogP contribution in [0.1, 0.15) is 28.9 Å². The summed E-state index contributed by atoms with van der Waals surface area (Å²) in [4.78, 5) is 15.8. The first-order valence-corrected chi connectivity index (χ1v) is 7.51. The number of halogens is 3. The lowest BCUT2D eigenvalue weighted by molar-refractivity contribution is -0.144. The minimum Gasteiger partial charge on any atom is -0.492 e. The number of fused-ring (bicyclic) bond motifs is 1. The Bertz CT molecular complexity index is 970. The van der Waals surface area contributed by atoms with Crippen molar-refractivity contribution >= 4 is 17.4 Å². The van der Waals surface area contributed by atoms with Crippen molar-refractivity contribution in [1.29, 1.82) is 0 Å². The third-order valence-electron chi connectivity index (χ3n) is 3.39. The molecular weight excluding hydrogens is 353 g/mol. The summed E-state index contributed by atoms with van der Waals surface area (Å²) in [7, 11) is 0. The topological polar surface area (TPSA) is 94.3 Å². The normalized spacial score (nSPS) is 11.6. The number of para-hydroxylation sites is 2. The number of nitrogens with one attached hydrogen (secondary N) is 1. The predicted octanol–water partition coefficient (Wildman–Crippen LogP) is 2.50. The number of hydrogen-bond donors (Lipinski definition) is 1. The molecule has 136 valence electrons. The van der Waals surface area contributed by atoms with E-state index in [1.165, 1.54) is 6.92 Å². The van der Waals surface area contributed by atoms with Crippen LogP contribution in [0.4, 0.5) is 18.9 Å². The van der Waals surface area contributed by atoms with Gasteiger partial charge in [0.1, 0.15) is 5.75 Å². The molecule has 2 heterocycles. The first-order valence-electron chi connectivity index (χ1n) is 7.51. The third kappa shape index (κ3) is 3.27. The molecule has 0 radical (unpaired) electrons. The fourth-order valence-electron chi connectivity index (χ4n) is 2.22. The zero-order chi connectivity index (χ0) is 18.9. The van der Waals surface area contributed by atoms with Gasteiger partial charge in [0.25, 0.3) is 17.5 Å². The fraction of sp³-hybridized carbons (Fsp3) is 0.267. The maximum absolute atomic E-state index is 12.7. The van der Waals surface area contributed by atoms with Crippen LogP contribution < -0.4 is 10.1 Å². The molecule has 0 fully saturated rings. The zero-order valence-corrected chi connectivity index (χ0v) is 13.7. The molecule has 0 aliphatic carbocycles. The van der Waals surface area contributed by atoms with Crippen molar-refractivity contribution in [3.63, 3.8) is 0 Å².